The first-order chi connectivity index (χ1) is 19.0. The predicted molar refractivity (Wildman–Crippen MR) is 161 cm³/mol. The second-order valence-corrected chi connectivity index (χ2v) is 12.2. The molecule has 7 nitrogen and oxygen atoms in total. The molecule has 3 aromatic carbocycles. The zero-order valence-electron chi connectivity index (χ0n) is 23.8. The second kappa shape index (κ2) is 13.8. The molecule has 0 unspecified atom stereocenters. The number of amides is 2. The highest BCUT2D eigenvalue weighted by molar-refractivity contribution is 7.92. The van der Waals surface area contributed by atoms with Crippen molar-refractivity contribution in [3.05, 3.63) is 94.0 Å². The van der Waals surface area contributed by atoms with Crippen molar-refractivity contribution in [3.8, 4) is 0 Å². The minimum absolute atomic E-state index is 0.0574. The van der Waals surface area contributed by atoms with Crippen LogP contribution in [0.3, 0.4) is 0 Å². The predicted octanol–water partition coefficient (Wildman–Crippen LogP) is 5.79. The maximum atomic E-state index is 14.1. The first-order valence-electron chi connectivity index (χ1n) is 13.5. The molecular weight excluding hydrogens is 546 g/mol. The zero-order valence-corrected chi connectivity index (χ0v) is 25.3. The van der Waals surface area contributed by atoms with Gasteiger partial charge in [-0.15, -0.1) is 0 Å². The zero-order chi connectivity index (χ0) is 29.4. The Balaban J connectivity index is 2.10. The Labute approximate surface area is 243 Å². The largest absolute Gasteiger partial charge is 0.354 e. The maximum absolute atomic E-state index is 14.1. The van der Waals surface area contributed by atoms with E-state index in [2.05, 4.69) is 5.32 Å². The van der Waals surface area contributed by atoms with Crippen molar-refractivity contribution in [2.45, 2.75) is 64.9 Å². The van der Waals surface area contributed by atoms with Crippen LogP contribution in [-0.4, -0.2) is 44.3 Å². The van der Waals surface area contributed by atoms with Crippen LogP contribution in [0.1, 0.15) is 48.9 Å². The van der Waals surface area contributed by atoms with Gasteiger partial charge >= 0.3 is 0 Å². The normalized spacial score (nSPS) is 12.1. The maximum Gasteiger partial charge on any atom is 0.264 e. The Kier molecular flexibility index (Phi) is 10.8. The van der Waals surface area contributed by atoms with E-state index in [1.165, 1.54) is 4.90 Å². The average Bonchev–Trinajstić information content (AvgIpc) is 2.92. The molecule has 0 bridgehead atoms. The molecule has 3 rings (SSSR count). The number of sulfonamides is 1. The Morgan fingerprint density at radius 3 is 2.17 bits per heavy atom. The first-order valence-corrected chi connectivity index (χ1v) is 15.3. The molecule has 0 aliphatic rings. The van der Waals surface area contributed by atoms with E-state index in [4.69, 9.17) is 11.6 Å². The van der Waals surface area contributed by atoms with Gasteiger partial charge in [0.05, 0.1) is 10.6 Å². The van der Waals surface area contributed by atoms with Crippen molar-refractivity contribution in [2.24, 2.45) is 0 Å². The quantitative estimate of drug-likeness (QED) is 0.292. The average molecular weight is 584 g/mol. The van der Waals surface area contributed by atoms with E-state index in [0.717, 1.165) is 21.9 Å². The van der Waals surface area contributed by atoms with Gasteiger partial charge in [0.2, 0.25) is 11.8 Å². The summed E-state index contributed by atoms with van der Waals surface area (Å²) < 4.78 is 29.2. The second-order valence-electron chi connectivity index (χ2n) is 9.94. The van der Waals surface area contributed by atoms with Crippen molar-refractivity contribution in [2.75, 3.05) is 17.4 Å². The van der Waals surface area contributed by atoms with E-state index in [0.29, 0.717) is 34.8 Å². The minimum Gasteiger partial charge on any atom is -0.354 e. The molecule has 0 aliphatic carbocycles. The summed E-state index contributed by atoms with van der Waals surface area (Å²) >= 11 is 6.44. The monoisotopic (exact) mass is 583 g/mol. The van der Waals surface area contributed by atoms with Crippen LogP contribution in [0.2, 0.25) is 5.02 Å². The van der Waals surface area contributed by atoms with Crippen molar-refractivity contribution >= 4 is 39.1 Å². The fraction of sp³-hybridized carbons (Fsp3) is 0.355. The molecule has 0 heterocycles. The minimum atomic E-state index is -4.12. The Hall–Kier alpha value is -3.36. The summed E-state index contributed by atoms with van der Waals surface area (Å²) in [6, 6.07) is 18.3. The molecule has 0 radical (unpaired) electrons. The number of halogens is 1. The highest BCUT2D eigenvalue weighted by atomic mass is 35.5. The first kappa shape index (κ1) is 31.2. The van der Waals surface area contributed by atoms with Crippen LogP contribution >= 0.6 is 11.6 Å². The van der Waals surface area contributed by atoms with Crippen LogP contribution in [0.25, 0.3) is 0 Å². The summed E-state index contributed by atoms with van der Waals surface area (Å²) in [6.07, 6.45) is 1.09. The molecule has 0 fully saturated rings. The molecule has 0 aliphatic heterocycles. The smallest absolute Gasteiger partial charge is 0.264 e. The molecule has 1 N–H and O–H groups in total. The molecule has 0 spiro atoms. The lowest BCUT2D eigenvalue weighted by molar-refractivity contribution is -0.140. The van der Waals surface area contributed by atoms with Gasteiger partial charge in [-0.05, 0) is 69.0 Å². The number of benzene rings is 3. The molecule has 3 aromatic rings. The number of rotatable bonds is 12. The number of nitrogens with one attached hydrogen (secondary N) is 1. The molecular formula is C31H38ClN3O4S. The van der Waals surface area contributed by atoms with Crippen LogP contribution in [0.4, 0.5) is 5.69 Å². The molecule has 1 atom stereocenters. The van der Waals surface area contributed by atoms with Gasteiger partial charge in [-0.1, -0.05) is 79.0 Å². The number of hydrogen-bond donors (Lipinski definition) is 1. The fourth-order valence-electron chi connectivity index (χ4n) is 4.53. The molecule has 0 aromatic heterocycles. The van der Waals surface area contributed by atoms with Crippen LogP contribution in [-0.2, 0) is 26.2 Å². The lowest BCUT2D eigenvalue weighted by Gasteiger charge is -2.33. The Morgan fingerprint density at radius 1 is 0.925 bits per heavy atom. The van der Waals surface area contributed by atoms with Crippen LogP contribution < -0.4 is 9.62 Å². The van der Waals surface area contributed by atoms with E-state index >= 15 is 0 Å². The van der Waals surface area contributed by atoms with Crippen molar-refractivity contribution in [1.82, 2.24) is 10.2 Å². The van der Waals surface area contributed by atoms with Gasteiger partial charge in [0, 0.05) is 18.1 Å². The number of anilines is 1. The van der Waals surface area contributed by atoms with Gasteiger partial charge < -0.3 is 10.2 Å². The van der Waals surface area contributed by atoms with Crippen molar-refractivity contribution < 1.29 is 18.0 Å². The fourth-order valence-corrected chi connectivity index (χ4v) is 6.21. The molecule has 214 valence electrons. The van der Waals surface area contributed by atoms with E-state index in [1.54, 1.807) is 48.5 Å². The van der Waals surface area contributed by atoms with Gasteiger partial charge in [0.15, 0.2) is 0 Å². The van der Waals surface area contributed by atoms with E-state index < -0.39 is 28.5 Å². The van der Waals surface area contributed by atoms with E-state index in [9.17, 15) is 18.0 Å². The van der Waals surface area contributed by atoms with Crippen LogP contribution in [0.15, 0.2) is 71.6 Å². The van der Waals surface area contributed by atoms with Gasteiger partial charge in [-0.2, -0.15) is 0 Å². The van der Waals surface area contributed by atoms with Crippen LogP contribution in [0.5, 0.6) is 0 Å². The number of aryl methyl sites for hydroxylation is 3. The Bertz CT molecular complexity index is 1440. The number of hydrogen-bond acceptors (Lipinski definition) is 4. The van der Waals surface area contributed by atoms with Gasteiger partial charge in [-0.3, -0.25) is 13.9 Å². The van der Waals surface area contributed by atoms with Gasteiger partial charge in [0.1, 0.15) is 12.6 Å². The molecule has 40 heavy (non-hydrogen) atoms. The van der Waals surface area contributed by atoms with Crippen molar-refractivity contribution in [3.63, 3.8) is 0 Å². The summed E-state index contributed by atoms with van der Waals surface area (Å²) in [5, 5.41) is 3.34. The number of nitrogens with zero attached hydrogens (tertiary/aromatic N) is 2. The molecule has 0 saturated heterocycles. The summed E-state index contributed by atoms with van der Waals surface area (Å²) in [5.74, 6) is -0.793. The third-order valence-electron chi connectivity index (χ3n) is 6.74. The number of carbonyl (C=O) groups is 2. The SMILES string of the molecule is CCCNC(=O)[C@H](CC)N(Cc1ccccc1Cl)C(=O)CN(c1ccc(C)cc1C)S(=O)(=O)c1ccc(C)cc1. The van der Waals surface area contributed by atoms with Gasteiger partial charge in [0.25, 0.3) is 10.0 Å². The topological polar surface area (TPSA) is 86.8 Å². The summed E-state index contributed by atoms with van der Waals surface area (Å²) in [7, 11) is -4.12. The molecule has 0 saturated carbocycles. The van der Waals surface area contributed by atoms with Crippen molar-refractivity contribution in [1.29, 1.82) is 0 Å². The highest BCUT2D eigenvalue weighted by Gasteiger charge is 2.34. The lowest BCUT2D eigenvalue weighted by atomic mass is 10.1. The highest BCUT2D eigenvalue weighted by Crippen LogP contribution is 2.29. The standard InChI is InChI=1S/C31H38ClN3O4S/c1-6-18-33-31(37)28(7-2)34(20-25-10-8-9-11-27(25)32)30(36)21-35(29-17-14-23(4)19-24(29)5)40(38,39)26-15-12-22(3)13-16-26/h8-17,19,28H,6-7,18,20-21H2,1-5H3,(H,33,37)/t28-/m0/s1. The molecule has 2 amide bonds. The Morgan fingerprint density at radius 2 is 1.57 bits per heavy atom. The summed E-state index contributed by atoms with van der Waals surface area (Å²) in [4.78, 5) is 28.8. The van der Waals surface area contributed by atoms with E-state index in [1.807, 2.05) is 52.8 Å². The summed E-state index contributed by atoms with van der Waals surface area (Å²) in [5.41, 5.74) is 3.68. The molecule has 9 heteroatoms. The summed E-state index contributed by atoms with van der Waals surface area (Å²) in [6.45, 7) is 9.44. The third-order valence-corrected chi connectivity index (χ3v) is 8.89. The van der Waals surface area contributed by atoms with E-state index in [-0.39, 0.29) is 17.3 Å². The lowest BCUT2D eigenvalue weighted by Crippen LogP contribution is -2.52. The third kappa shape index (κ3) is 7.43. The number of carbonyl (C=O) groups excluding carboxylic acids is 2. The van der Waals surface area contributed by atoms with Gasteiger partial charge in [-0.25, -0.2) is 8.42 Å². The van der Waals surface area contributed by atoms with Crippen LogP contribution in [0, 0.1) is 20.8 Å².